The zero-order chi connectivity index (χ0) is 10.7. The fourth-order valence-electron chi connectivity index (χ4n) is 1.48. The van der Waals surface area contributed by atoms with Crippen LogP contribution in [0.3, 0.4) is 0 Å². The molecule has 1 aliphatic rings. The predicted molar refractivity (Wildman–Crippen MR) is 56.1 cm³/mol. The molecule has 0 radical (unpaired) electrons. The number of sulfonamides is 1. The Morgan fingerprint density at radius 2 is 2.13 bits per heavy atom. The predicted octanol–water partition coefficient (Wildman–Crippen LogP) is -0.573. The standard InChI is InChI=1S/C6H11N5O2S2/c12-15(13,5-1-3-7-4-2-5)9-6-8-10-11-14-6/h5,7H,1-4H2,(H,8,9,11). The molecule has 1 aromatic rings. The topological polar surface area (TPSA) is 96.9 Å². The van der Waals surface area contributed by atoms with Crippen molar-refractivity contribution < 1.29 is 8.42 Å². The second-order valence-corrected chi connectivity index (χ2v) is 5.96. The molecule has 0 unspecified atom stereocenters. The first-order valence-electron chi connectivity index (χ1n) is 4.56. The van der Waals surface area contributed by atoms with E-state index in [9.17, 15) is 8.42 Å². The normalized spacial score (nSPS) is 18.9. The van der Waals surface area contributed by atoms with E-state index in [1.165, 1.54) is 0 Å². The molecule has 0 spiro atoms. The van der Waals surface area contributed by atoms with Gasteiger partial charge in [0.2, 0.25) is 15.2 Å². The Balaban J connectivity index is 2.05. The maximum atomic E-state index is 11.8. The van der Waals surface area contributed by atoms with Crippen molar-refractivity contribution in [2.45, 2.75) is 18.1 Å². The van der Waals surface area contributed by atoms with Crippen molar-refractivity contribution >= 4 is 26.7 Å². The van der Waals surface area contributed by atoms with Gasteiger partial charge in [-0.05, 0) is 31.1 Å². The Kier molecular flexibility index (Phi) is 3.12. The molecule has 9 heteroatoms. The Morgan fingerprint density at radius 1 is 1.40 bits per heavy atom. The summed E-state index contributed by atoms with van der Waals surface area (Å²) in [5.41, 5.74) is 0. The van der Waals surface area contributed by atoms with Crippen LogP contribution in [0.25, 0.3) is 0 Å². The van der Waals surface area contributed by atoms with Crippen LogP contribution in [0.5, 0.6) is 0 Å². The van der Waals surface area contributed by atoms with Gasteiger partial charge in [0.15, 0.2) is 0 Å². The fraction of sp³-hybridized carbons (Fsp3) is 0.833. The quantitative estimate of drug-likeness (QED) is 0.744. The molecule has 1 saturated heterocycles. The van der Waals surface area contributed by atoms with Gasteiger partial charge >= 0.3 is 0 Å². The third-order valence-corrected chi connectivity index (χ3v) is 4.72. The lowest BCUT2D eigenvalue weighted by atomic mass is 10.2. The highest BCUT2D eigenvalue weighted by Gasteiger charge is 2.27. The summed E-state index contributed by atoms with van der Waals surface area (Å²) in [7, 11) is -3.33. The molecule has 7 nitrogen and oxygen atoms in total. The van der Waals surface area contributed by atoms with Crippen LogP contribution in [0.15, 0.2) is 0 Å². The van der Waals surface area contributed by atoms with Crippen molar-refractivity contribution in [3.63, 3.8) is 0 Å². The van der Waals surface area contributed by atoms with Crippen LogP contribution in [0.2, 0.25) is 0 Å². The maximum absolute atomic E-state index is 11.8. The first-order valence-corrected chi connectivity index (χ1v) is 6.88. The van der Waals surface area contributed by atoms with Gasteiger partial charge in [-0.25, -0.2) is 8.42 Å². The van der Waals surface area contributed by atoms with E-state index in [0.29, 0.717) is 12.8 Å². The molecule has 84 valence electrons. The van der Waals surface area contributed by atoms with E-state index in [-0.39, 0.29) is 10.4 Å². The van der Waals surface area contributed by atoms with E-state index in [1.54, 1.807) is 0 Å². The van der Waals surface area contributed by atoms with Gasteiger partial charge in [0.25, 0.3) is 0 Å². The number of hydrogen-bond acceptors (Lipinski definition) is 7. The number of rotatable bonds is 3. The smallest absolute Gasteiger partial charge is 0.238 e. The second kappa shape index (κ2) is 4.37. The second-order valence-electron chi connectivity index (χ2n) is 3.26. The van der Waals surface area contributed by atoms with Crippen LogP contribution < -0.4 is 10.0 Å². The molecule has 2 N–H and O–H groups in total. The Labute approximate surface area is 91.5 Å². The minimum Gasteiger partial charge on any atom is -0.317 e. The summed E-state index contributed by atoms with van der Waals surface area (Å²) < 4.78 is 29.5. The van der Waals surface area contributed by atoms with Crippen molar-refractivity contribution in [1.29, 1.82) is 0 Å². The van der Waals surface area contributed by atoms with Gasteiger partial charge in [-0.3, -0.25) is 4.72 Å². The Morgan fingerprint density at radius 3 is 2.73 bits per heavy atom. The van der Waals surface area contributed by atoms with Gasteiger partial charge in [-0.15, -0.1) is 0 Å². The molecule has 0 saturated carbocycles. The van der Waals surface area contributed by atoms with E-state index in [0.717, 1.165) is 24.6 Å². The van der Waals surface area contributed by atoms with Gasteiger partial charge in [0.05, 0.1) is 5.25 Å². The molecule has 0 bridgehead atoms. The molecule has 2 heterocycles. The number of hydrogen-bond donors (Lipinski definition) is 2. The molecule has 0 amide bonds. The highest BCUT2D eigenvalue weighted by atomic mass is 32.2. The van der Waals surface area contributed by atoms with E-state index < -0.39 is 10.0 Å². The van der Waals surface area contributed by atoms with E-state index in [2.05, 4.69) is 24.8 Å². The molecule has 2 rings (SSSR count). The molecular weight excluding hydrogens is 238 g/mol. The number of piperidine rings is 1. The van der Waals surface area contributed by atoms with Gasteiger partial charge in [0, 0.05) is 11.5 Å². The van der Waals surface area contributed by atoms with E-state index in [1.807, 2.05) is 0 Å². The molecule has 0 atom stereocenters. The van der Waals surface area contributed by atoms with Crippen LogP contribution >= 0.6 is 11.5 Å². The maximum Gasteiger partial charge on any atom is 0.238 e. The first kappa shape index (κ1) is 10.7. The molecule has 1 fully saturated rings. The zero-order valence-corrected chi connectivity index (χ0v) is 9.51. The van der Waals surface area contributed by atoms with Crippen LogP contribution in [0.1, 0.15) is 12.8 Å². The molecule has 1 aromatic heterocycles. The lowest BCUT2D eigenvalue weighted by molar-refractivity contribution is 0.499. The largest absolute Gasteiger partial charge is 0.317 e. The SMILES string of the molecule is O=S(=O)(Nc1nnns1)C1CCNCC1. The molecule has 15 heavy (non-hydrogen) atoms. The van der Waals surface area contributed by atoms with Gasteiger partial charge in [0.1, 0.15) is 0 Å². The van der Waals surface area contributed by atoms with Gasteiger partial charge < -0.3 is 5.32 Å². The summed E-state index contributed by atoms with van der Waals surface area (Å²) in [5, 5.41) is 9.88. The van der Waals surface area contributed by atoms with E-state index in [4.69, 9.17) is 0 Å². The summed E-state index contributed by atoms with van der Waals surface area (Å²) in [6, 6.07) is 0. The third kappa shape index (κ3) is 2.61. The molecule has 1 aliphatic heterocycles. The van der Waals surface area contributed by atoms with Gasteiger partial charge in [-0.2, -0.15) is 0 Å². The van der Waals surface area contributed by atoms with Crippen LogP contribution in [0.4, 0.5) is 5.13 Å². The van der Waals surface area contributed by atoms with Crippen molar-refractivity contribution in [3.05, 3.63) is 0 Å². The molecular formula is C6H11N5O2S2. The average molecular weight is 249 g/mol. The van der Waals surface area contributed by atoms with Crippen LogP contribution in [0, 0.1) is 0 Å². The monoisotopic (exact) mass is 249 g/mol. The summed E-state index contributed by atoms with van der Waals surface area (Å²) >= 11 is 0.936. The number of anilines is 1. The lowest BCUT2D eigenvalue weighted by Gasteiger charge is -2.22. The minimum atomic E-state index is -3.33. The fourth-order valence-corrected chi connectivity index (χ4v) is 3.51. The van der Waals surface area contributed by atoms with Crippen molar-refractivity contribution in [2.75, 3.05) is 17.8 Å². The first-order chi connectivity index (χ1) is 7.18. The van der Waals surface area contributed by atoms with E-state index >= 15 is 0 Å². The summed E-state index contributed by atoms with van der Waals surface area (Å²) in [4.78, 5) is 0. The Hall–Kier alpha value is -0.800. The molecule has 0 aliphatic carbocycles. The minimum absolute atomic E-state index is 0.230. The molecule has 0 aromatic carbocycles. The van der Waals surface area contributed by atoms with Crippen molar-refractivity contribution in [2.24, 2.45) is 0 Å². The summed E-state index contributed by atoms with van der Waals surface area (Å²) in [5.74, 6) is 0. The highest BCUT2D eigenvalue weighted by molar-refractivity contribution is 7.93. The number of nitrogens with one attached hydrogen (secondary N) is 2. The van der Waals surface area contributed by atoms with Crippen molar-refractivity contribution in [3.8, 4) is 0 Å². The van der Waals surface area contributed by atoms with Crippen LogP contribution in [-0.4, -0.2) is 41.6 Å². The number of nitrogens with zero attached hydrogens (tertiary/aromatic N) is 3. The summed E-state index contributed by atoms with van der Waals surface area (Å²) in [6.07, 6.45) is 1.25. The average Bonchev–Trinajstić information content (AvgIpc) is 2.71. The highest BCUT2D eigenvalue weighted by Crippen LogP contribution is 2.17. The zero-order valence-electron chi connectivity index (χ0n) is 7.88. The third-order valence-electron chi connectivity index (χ3n) is 2.25. The Bertz CT molecular complexity index is 397. The number of aromatic nitrogens is 3. The summed E-state index contributed by atoms with van der Waals surface area (Å²) in [6.45, 7) is 1.47. The lowest BCUT2D eigenvalue weighted by Crippen LogP contribution is -2.38. The van der Waals surface area contributed by atoms with Crippen LogP contribution in [-0.2, 0) is 10.0 Å². The van der Waals surface area contributed by atoms with Gasteiger partial charge in [-0.1, -0.05) is 9.59 Å². The van der Waals surface area contributed by atoms with Crippen molar-refractivity contribution in [1.82, 2.24) is 20.1 Å².